The van der Waals surface area contributed by atoms with Crippen molar-refractivity contribution in [3.63, 3.8) is 0 Å². The maximum Gasteiger partial charge on any atom is 0.0991 e. The van der Waals surface area contributed by atoms with Gasteiger partial charge in [0.2, 0.25) is 0 Å². The van der Waals surface area contributed by atoms with E-state index in [0.717, 1.165) is 33.4 Å². The summed E-state index contributed by atoms with van der Waals surface area (Å²) in [7, 11) is 0. The van der Waals surface area contributed by atoms with Gasteiger partial charge < -0.3 is 0 Å². The van der Waals surface area contributed by atoms with E-state index in [-0.39, 0.29) is 0 Å². The molecule has 230 valence electrons. The van der Waals surface area contributed by atoms with Crippen LogP contribution < -0.4 is 0 Å². The highest BCUT2D eigenvalue weighted by atomic mass is 14.3. The van der Waals surface area contributed by atoms with Crippen molar-refractivity contribution in [1.82, 2.24) is 0 Å². The molecule has 9 aromatic carbocycles. The van der Waals surface area contributed by atoms with E-state index in [0.29, 0.717) is 11.1 Å². The first-order valence-corrected chi connectivity index (χ1v) is 16.7. The minimum Gasteiger partial charge on any atom is -0.192 e. The van der Waals surface area contributed by atoms with E-state index in [1.54, 1.807) is 0 Å². The van der Waals surface area contributed by atoms with Crippen LogP contribution in [0.3, 0.4) is 0 Å². The summed E-state index contributed by atoms with van der Waals surface area (Å²) in [5.41, 5.74) is 10.4. The molecule has 2 heteroatoms. The molecule has 0 atom stereocenters. The molecule has 9 rings (SSSR count). The van der Waals surface area contributed by atoms with Gasteiger partial charge in [0.1, 0.15) is 0 Å². The smallest absolute Gasteiger partial charge is 0.0991 e. The Balaban J connectivity index is 1.33. The Morgan fingerprint density at radius 2 is 0.440 bits per heavy atom. The summed E-state index contributed by atoms with van der Waals surface area (Å²) in [5, 5.41) is 28.7. The van der Waals surface area contributed by atoms with Gasteiger partial charge in [-0.15, -0.1) is 0 Å². The summed E-state index contributed by atoms with van der Waals surface area (Å²) in [6.07, 6.45) is 0. The van der Waals surface area contributed by atoms with Crippen LogP contribution in [-0.2, 0) is 0 Å². The van der Waals surface area contributed by atoms with Crippen LogP contribution in [0.5, 0.6) is 0 Å². The van der Waals surface area contributed by atoms with Crippen molar-refractivity contribution in [2.45, 2.75) is 0 Å². The zero-order valence-corrected chi connectivity index (χ0v) is 27.1. The third-order valence-electron chi connectivity index (χ3n) is 9.93. The molecular weight excluding hydrogens is 605 g/mol. The third kappa shape index (κ3) is 4.63. The lowest BCUT2D eigenvalue weighted by atomic mass is 9.83. The molecule has 9 aromatic rings. The average molecular weight is 633 g/mol. The van der Waals surface area contributed by atoms with Crippen molar-refractivity contribution in [2.75, 3.05) is 0 Å². The monoisotopic (exact) mass is 632 g/mol. The van der Waals surface area contributed by atoms with Crippen molar-refractivity contribution < 1.29 is 0 Å². The van der Waals surface area contributed by atoms with E-state index < -0.39 is 0 Å². The Labute approximate surface area is 290 Å². The lowest BCUT2D eigenvalue weighted by Gasteiger charge is -2.20. The Morgan fingerprint density at radius 1 is 0.240 bits per heavy atom. The minimum atomic E-state index is 0.644. The summed E-state index contributed by atoms with van der Waals surface area (Å²) >= 11 is 0. The van der Waals surface area contributed by atoms with Gasteiger partial charge in [-0.3, -0.25) is 0 Å². The largest absolute Gasteiger partial charge is 0.192 e. The average Bonchev–Trinajstić information content (AvgIpc) is 3.20. The van der Waals surface area contributed by atoms with Gasteiger partial charge in [-0.1, -0.05) is 146 Å². The molecule has 0 aliphatic rings. The van der Waals surface area contributed by atoms with Crippen LogP contribution >= 0.6 is 0 Å². The SMILES string of the molecule is N#Cc1ccc(-c2c(-c3ccc(-c4c(-c5ccc(C#N)cc5)c5ccccc5c5ccccc45)cc3)c3ccccc3c3ccccc23)cc1. The van der Waals surface area contributed by atoms with Gasteiger partial charge in [0.15, 0.2) is 0 Å². The van der Waals surface area contributed by atoms with Crippen molar-refractivity contribution in [1.29, 1.82) is 10.5 Å². The fourth-order valence-electron chi connectivity index (χ4n) is 7.71. The number of benzene rings is 9. The highest BCUT2D eigenvalue weighted by Crippen LogP contribution is 2.47. The van der Waals surface area contributed by atoms with Gasteiger partial charge >= 0.3 is 0 Å². The number of nitrogens with zero attached hydrogens (tertiary/aromatic N) is 2. The molecule has 0 amide bonds. The zero-order chi connectivity index (χ0) is 33.6. The van der Waals surface area contributed by atoms with Crippen molar-refractivity contribution >= 4 is 43.1 Å². The summed E-state index contributed by atoms with van der Waals surface area (Å²) in [5.74, 6) is 0. The number of hydrogen-bond acceptors (Lipinski definition) is 2. The molecule has 0 aliphatic carbocycles. The maximum absolute atomic E-state index is 9.54. The van der Waals surface area contributed by atoms with Crippen LogP contribution in [0.25, 0.3) is 87.6 Å². The third-order valence-corrected chi connectivity index (χ3v) is 9.93. The second-order valence-corrected chi connectivity index (χ2v) is 12.6. The van der Waals surface area contributed by atoms with E-state index in [9.17, 15) is 10.5 Å². The second-order valence-electron chi connectivity index (χ2n) is 12.6. The van der Waals surface area contributed by atoms with Gasteiger partial charge in [0.25, 0.3) is 0 Å². The molecule has 0 spiro atoms. The molecule has 0 saturated carbocycles. The van der Waals surface area contributed by atoms with Gasteiger partial charge in [-0.2, -0.15) is 10.5 Å². The van der Waals surface area contributed by atoms with Gasteiger partial charge in [0.05, 0.1) is 23.3 Å². The van der Waals surface area contributed by atoms with Crippen molar-refractivity contribution in [3.8, 4) is 56.6 Å². The van der Waals surface area contributed by atoms with Crippen molar-refractivity contribution in [2.24, 2.45) is 0 Å². The van der Waals surface area contributed by atoms with E-state index >= 15 is 0 Å². The molecule has 0 fully saturated rings. The molecule has 50 heavy (non-hydrogen) atoms. The first-order valence-electron chi connectivity index (χ1n) is 16.7. The Bertz CT molecular complexity index is 2650. The lowest BCUT2D eigenvalue weighted by Crippen LogP contribution is -1.93. The lowest BCUT2D eigenvalue weighted by molar-refractivity contribution is 1.48. The fraction of sp³-hybridized carbons (Fsp3) is 0. The van der Waals surface area contributed by atoms with Crippen LogP contribution in [0, 0.1) is 22.7 Å². The molecule has 0 unspecified atom stereocenters. The number of rotatable bonds is 4. The number of nitriles is 2. The molecule has 0 bridgehead atoms. The predicted molar refractivity (Wildman–Crippen MR) is 208 cm³/mol. The Kier molecular flexibility index (Phi) is 6.95. The van der Waals surface area contributed by atoms with Gasteiger partial charge in [0, 0.05) is 0 Å². The first-order chi connectivity index (χ1) is 24.7. The summed E-state index contributed by atoms with van der Waals surface area (Å²) in [6, 6.07) is 64.0. The molecular formula is C48H28N2. The molecule has 0 heterocycles. The maximum atomic E-state index is 9.54. The highest BCUT2D eigenvalue weighted by molar-refractivity contribution is 6.23. The fourth-order valence-corrected chi connectivity index (χ4v) is 7.71. The van der Waals surface area contributed by atoms with Crippen LogP contribution in [0.15, 0.2) is 170 Å². The molecule has 0 saturated heterocycles. The van der Waals surface area contributed by atoms with Crippen LogP contribution in [0.2, 0.25) is 0 Å². The summed E-state index contributed by atoms with van der Waals surface area (Å²) < 4.78 is 0. The van der Waals surface area contributed by atoms with E-state index in [2.05, 4.69) is 158 Å². The van der Waals surface area contributed by atoms with Crippen molar-refractivity contribution in [3.05, 3.63) is 181 Å². The number of fused-ring (bicyclic) bond motifs is 6. The minimum absolute atomic E-state index is 0.644. The summed E-state index contributed by atoms with van der Waals surface area (Å²) in [4.78, 5) is 0. The normalized spacial score (nSPS) is 11.2. The molecule has 0 N–H and O–H groups in total. The quantitative estimate of drug-likeness (QED) is 0.181. The Hall–Kier alpha value is -7.00. The Morgan fingerprint density at radius 3 is 0.660 bits per heavy atom. The van der Waals surface area contributed by atoms with Crippen LogP contribution in [0.4, 0.5) is 0 Å². The van der Waals surface area contributed by atoms with E-state index in [1.165, 1.54) is 54.2 Å². The second kappa shape index (κ2) is 11.9. The molecule has 0 radical (unpaired) electrons. The summed E-state index contributed by atoms with van der Waals surface area (Å²) in [6.45, 7) is 0. The zero-order valence-electron chi connectivity index (χ0n) is 27.1. The predicted octanol–water partition coefficient (Wildman–Crippen LogP) is 12.7. The first kappa shape index (κ1) is 29.2. The highest BCUT2D eigenvalue weighted by Gasteiger charge is 2.20. The van der Waals surface area contributed by atoms with Gasteiger partial charge in [-0.25, -0.2) is 0 Å². The number of hydrogen-bond donors (Lipinski definition) is 0. The topological polar surface area (TPSA) is 47.6 Å². The molecule has 0 aromatic heterocycles. The van der Waals surface area contributed by atoms with Crippen LogP contribution in [0.1, 0.15) is 11.1 Å². The van der Waals surface area contributed by atoms with E-state index in [1.807, 2.05) is 24.3 Å². The molecule has 0 aliphatic heterocycles. The van der Waals surface area contributed by atoms with E-state index in [4.69, 9.17) is 0 Å². The van der Waals surface area contributed by atoms with Gasteiger partial charge in [-0.05, 0) is 112 Å². The standard InChI is InChI=1S/C48H28N2/c49-29-31-17-21-33(22-18-31)45-41-13-5-1-9-37(41)39-11-3-7-15-43(39)47(45)35-25-27-36(28-26-35)48-44-16-8-4-12-40(44)38-10-2-6-14-42(38)46(48)34-23-19-32(30-50)20-24-34/h1-28H. The van der Waals surface area contributed by atoms with Crippen LogP contribution in [-0.4, -0.2) is 0 Å². The molecule has 2 nitrogen and oxygen atoms in total.